The van der Waals surface area contributed by atoms with Gasteiger partial charge >= 0.3 is 0 Å². The van der Waals surface area contributed by atoms with Gasteiger partial charge in [0.1, 0.15) is 5.41 Å². The Morgan fingerprint density at radius 2 is 1.83 bits per heavy atom. The van der Waals surface area contributed by atoms with Gasteiger partial charge in [-0.2, -0.15) is 5.26 Å². The van der Waals surface area contributed by atoms with Gasteiger partial charge in [0.15, 0.2) is 0 Å². The van der Waals surface area contributed by atoms with Crippen LogP contribution in [0.4, 0.5) is 0 Å². The number of nitrogens with zero attached hydrogens (tertiary/aromatic N) is 2. The molecule has 1 atom stereocenters. The van der Waals surface area contributed by atoms with E-state index < -0.39 is 5.41 Å². The lowest BCUT2D eigenvalue weighted by atomic mass is 9.80. The number of hydrogen-bond donors (Lipinski definition) is 0. The average molecular weight is 250 g/mol. The molecule has 1 amide bonds. The Kier molecular flexibility index (Phi) is 5.65. The summed E-state index contributed by atoms with van der Waals surface area (Å²) >= 11 is 0. The third-order valence-electron chi connectivity index (χ3n) is 4.30. The van der Waals surface area contributed by atoms with Crippen molar-refractivity contribution in [1.29, 1.82) is 5.26 Å². The Hall–Kier alpha value is -1.04. The molecule has 0 N–H and O–H groups in total. The summed E-state index contributed by atoms with van der Waals surface area (Å²) in [6.45, 7) is 6.87. The molecular formula is C15H26N2O. The predicted molar refractivity (Wildman–Crippen MR) is 72.9 cm³/mol. The fraction of sp³-hybridized carbons (Fsp3) is 0.867. The van der Waals surface area contributed by atoms with Crippen LogP contribution in [0.5, 0.6) is 0 Å². The first-order chi connectivity index (χ1) is 8.61. The van der Waals surface area contributed by atoms with Crippen LogP contribution in [0.2, 0.25) is 0 Å². The van der Waals surface area contributed by atoms with Crippen LogP contribution < -0.4 is 0 Å². The van der Waals surface area contributed by atoms with Crippen molar-refractivity contribution in [1.82, 2.24) is 4.90 Å². The van der Waals surface area contributed by atoms with Crippen LogP contribution >= 0.6 is 0 Å². The van der Waals surface area contributed by atoms with E-state index in [0.717, 1.165) is 44.9 Å². The quantitative estimate of drug-likeness (QED) is 0.717. The van der Waals surface area contributed by atoms with Gasteiger partial charge in [0, 0.05) is 12.6 Å². The maximum Gasteiger partial charge on any atom is 0.243 e. The van der Waals surface area contributed by atoms with E-state index in [1.165, 1.54) is 0 Å². The number of carbonyl (C=O) groups excluding carboxylic acids is 1. The number of hydrogen-bond acceptors (Lipinski definition) is 2. The molecule has 0 bridgehead atoms. The lowest BCUT2D eigenvalue weighted by Crippen LogP contribution is -2.47. The highest BCUT2D eigenvalue weighted by Crippen LogP contribution is 2.36. The summed E-state index contributed by atoms with van der Waals surface area (Å²) in [6, 6.07) is 2.59. The van der Waals surface area contributed by atoms with Gasteiger partial charge in [-0.3, -0.25) is 4.79 Å². The average Bonchev–Trinajstić information content (AvgIpc) is 2.65. The molecule has 0 aromatic carbocycles. The number of nitriles is 1. The van der Waals surface area contributed by atoms with Crippen LogP contribution in [-0.2, 0) is 4.79 Å². The van der Waals surface area contributed by atoms with E-state index in [4.69, 9.17) is 0 Å². The first-order valence-electron chi connectivity index (χ1n) is 7.33. The van der Waals surface area contributed by atoms with Crippen LogP contribution in [0.15, 0.2) is 0 Å². The maximum atomic E-state index is 12.7. The molecule has 0 aromatic rings. The molecular weight excluding hydrogens is 224 g/mol. The van der Waals surface area contributed by atoms with Crippen molar-refractivity contribution in [2.75, 3.05) is 6.54 Å². The second-order valence-corrected chi connectivity index (χ2v) is 5.46. The van der Waals surface area contributed by atoms with Crippen LogP contribution in [0, 0.1) is 16.7 Å². The normalized spacial score (nSPS) is 20.6. The molecule has 3 heteroatoms. The predicted octanol–water partition coefficient (Wildman–Crippen LogP) is 3.50. The third-order valence-corrected chi connectivity index (χ3v) is 4.30. The van der Waals surface area contributed by atoms with E-state index in [1.54, 1.807) is 0 Å². The van der Waals surface area contributed by atoms with Gasteiger partial charge in [0.05, 0.1) is 6.07 Å². The lowest BCUT2D eigenvalue weighted by molar-refractivity contribution is -0.141. The van der Waals surface area contributed by atoms with E-state index in [0.29, 0.717) is 6.54 Å². The Morgan fingerprint density at radius 1 is 1.28 bits per heavy atom. The molecule has 102 valence electrons. The highest BCUT2D eigenvalue weighted by Gasteiger charge is 2.42. The highest BCUT2D eigenvalue weighted by molar-refractivity contribution is 5.85. The molecule has 0 heterocycles. The minimum atomic E-state index is -0.740. The van der Waals surface area contributed by atoms with Crippen LogP contribution in [0.3, 0.4) is 0 Å². The molecule has 1 aliphatic carbocycles. The molecule has 0 spiro atoms. The fourth-order valence-electron chi connectivity index (χ4n) is 2.86. The van der Waals surface area contributed by atoms with E-state index in [1.807, 2.05) is 11.8 Å². The van der Waals surface area contributed by atoms with E-state index in [9.17, 15) is 10.1 Å². The van der Waals surface area contributed by atoms with Gasteiger partial charge in [-0.05, 0) is 33.1 Å². The number of amides is 1. The van der Waals surface area contributed by atoms with E-state index in [-0.39, 0.29) is 11.9 Å². The molecule has 1 fully saturated rings. The molecule has 1 unspecified atom stereocenters. The third kappa shape index (κ3) is 3.04. The first kappa shape index (κ1) is 15.0. The molecule has 1 aliphatic rings. The summed E-state index contributed by atoms with van der Waals surface area (Å²) in [5.41, 5.74) is -0.740. The molecule has 0 aliphatic heterocycles. The topological polar surface area (TPSA) is 44.1 Å². The van der Waals surface area contributed by atoms with Gasteiger partial charge in [0.25, 0.3) is 0 Å². The summed E-state index contributed by atoms with van der Waals surface area (Å²) in [4.78, 5) is 14.6. The van der Waals surface area contributed by atoms with Crippen molar-refractivity contribution in [2.24, 2.45) is 5.41 Å². The highest BCUT2D eigenvalue weighted by atomic mass is 16.2. The van der Waals surface area contributed by atoms with Gasteiger partial charge < -0.3 is 4.90 Å². The molecule has 3 nitrogen and oxygen atoms in total. The van der Waals surface area contributed by atoms with Crippen LogP contribution in [0.1, 0.15) is 65.7 Å². The van der Waals surface area contributed by atoms with Crippen molar-refractivity contribution in [2.45, 2.75) is 71.8 Å². The Balaban J connectivity index is 2.92. The zero-order valence-corrected chi connectivity index (χ0v) is 12.0. The van der Waals surface area contributed by atoms with Gasteiger partial charge in [-0.1, -0.05) is 32.6 Å². The minimum Gasteiger partial charge on any atom is -0.339 e. The van der Waals surface area contributed by atoms with Gasteiger partial charge in [0.2, 0.25) is 5.91 Å². The second kappa shape index (κ2) is 6.78. The van der Waals surface area contributed by atoms with Crippen molar-refractivity contribution < 1.29 is 4.79 Å². The fourth-order valence-corrected chi connectivity index (χ4v) is 2.86. The van der Waals surface area contributed by atoms with E-state index >= 15 is 0 Å². The summed E-state index contributed by atoms with van der Waals surface area (Å²) in [7, 11) is 0. The van der Waals surface area contributed by atoms with Crippen molar-refractivity contribution in [3.05, 3.63) is 0 Å². The zero-order valence-electron chi connectivity index (χ0n) is 12.0. The summed E-state index contributed by atoms with van der Waals surface area (Å²) in [6.07, 6.45) is 6.78. The smallest absolute Gasteiger partial charge is 0.243 e. The molecule has 18 heavy (non-hydrogen) atoms. The van der Waals surface area contributed by atoms with Crippen molar-refractivity contribution in [3.63, 3.8) is 0 Å². The first-order valence-corrected chi connectivity index (χ1v) is 7.33. The summed E-state index contributed by atoms with van der Waals surface area (Å²) in [5.74, 6) is 0.0729. The monoisotopic (exact) mass is 250 g/mol. The molecule has 0 saturated heterocycles. The lowest BCUT2D eigenvalue weighted by Gasteiger charge is -2.34. The van der Waals surface area contributed by atoms with Gasteiger partial charge in [-0.25, -0.2) is 0 Å². The molecule has 1 saturated carbocycles. The van der Waals surface area contributed by atoms with Crippen molar-refractivity contribution >= 4 is 5.91 Å². The largest absolute Gasteiger partial charge is 0.339 e. The maximum absolute atomic E-state index is 12.7. The summed E-state index contributed by atoms with van der Waals surface area (Å²) < 4.78 is 0. The molecule has 0 radical (unpaired) electrons. The van der Waals surface area contributed by atoms with Gasteiger partial charge in [-0.15, -0.1) is 0 Å². The number of rotatable bonds is 4. The number of carbonyl (C=O) groups is 1. The van der Waals surface area contributed by atoms with Crippen LogP contribution in [-0.4, -0.2) is 23.4 Å². The Bertz CT molecular complexity index is 311. The standard InChI is InChI=1S/C15H26N2O/c1-4-13(3)17(5-2)14(18)15(12-16)10-8-6-7-9-11-15/h13H,4-11H2,1-3H3. The van der Waals surface area contributed by atoms with Crippen LogP contribution in [0.25, 0.3) is 0 Å². The second-order valence-electron chi connectivity index (χ2n) is 5.46. The van der Waals surface area contributed by atoms with E-state index in [2.05, 4.69) is 19.9 Å². The SMILES string of the molecule is CCC(C)N(CC)C(=O)C1(C#N)CCCCCC1. The van der Waals surface area contributed by atoms with Crippen molar-refractivity contribution in [3.8, 4) is 6.07 Å². The molecule has 0 aromatic heterocycles. The Labute approximate surface area is 111 Å². The Morgan fingerprint density at radius 3 is 2.22 bits per heavy atom. The zero-order chi connectivity index (χ0) is 13.6. The minimum absolute atomic E-state index is 0.0729. The summed E-state index contributed by atoms with van der Waals surface area (Å²) in [5, 5.41) is 9.54. The molecule has 1 rings (SSSR count).